The SMILES string of the molecule is CC(CN)C1CCSC1. The van der Waals surface area contributed by atoms with E-state index in [1.54, 1.807) is 0 Å². The van der Waals surface area contributed by atoms with E-state index in [1.165, 1.54) is 17.9 Å². The van der Waals surface area contributed by atoms with Crippen LogP contribution in [0.1, 0.15) is 13.3 Å². The minimum Gasteiger partial charge on any atom is -0.330 e. The molecule has 1 fully saturated rings. The van der Waals surface area contributed by atoms with Crippen molar-refractivity contribution in [2.45, 2.75) is 13.3 Å². The number of nitrogens with two attached hydrogens (primary N) is 1. The van der Waals surface area contributed by atoms with Crippen LogP contribution in [0.4, 0.5) is 0 Å². The van der Waals surface area contributed by atoms with E-state index < -0.39 is 0 Å². The molecule has 1 heterocycles. The van der Waals surface area contributed by atoms with Crippen molar-refractivity contribution in [1.82, 2.24) is 0 Å². The fourth-order valence-electron chi connectivity index (χ4n) is 1.19. The zero-order valence-electron chi connectivity index (χ0n) is 5.97. The molecule has 2 atom stereocenters. The van der Waals surface area contributed by atoms with Crippen LogP contribution in [0.5, 0.6) is 0 Å². The fourth-order valence-corrected chi connectivity index (χ4v) is 2.63. The highest BCUT2D eigenvalue weighted by atomic mass is 32.2. The lowest BCUT2D eigenvalue weighted by molar-refractivity contribution is 0.405. The summed E-state index contributed by atoms with van der Waals surface area (Å²) in [5.41, 5.74) is 5.54. The molecule has 1 aliphatic heterocycles. The Hall–Kier alpha value is 0.310. The van der Waals surface area contributed by atoms with Gasteiger partial charge in [-0.25, -0.2) is 0 Å². The van der Waals surface area contributed by atoms with Gasteiger partial charge in [-0.05, 0) is 36.3 Å². The summed E-state index contributed by atoms with van der Waals surface area (Å²) in [6.07, 6.45) is 1.39. The molecular weight excluding hydrogens is 130 g/mol. The standard InChI is InChI=1S/C7H15NS/c1-6(4-8)7-2-3-9-5-7/h6-7H,2-5,8H2,1H3. The zero-order chi connectivity index (χ0) is 6.69. The molecule has 1 aliphatic rings. The Labute approximate surface area is 61.4 Å². The van der Waals surface area contributed by atoms with Gasteiger partial charge in [0.1, 0.15) is 0 Å². The molecule has 2 N–H and O–H groups in total. The van der Waals surface area contributed by atoms with Crippen molar-refractivity contribution < 1.29 is 0 Å². The van der Waals surface area contributed by atoms with Crippen molar-refractivity contribution in [2.24, 2.45) is 17.6 Å². The first kappa shape index (κ1) is 7.42. The molecule has 0 aromatic heterocycles. The first-order chi connectivity index (χ1) is 4.34. The van der Waals surface area contributed by atoms with Crippen molar-refractivity contribution in [1.29, 1.82) is 0 Å². The van der Waals surface area contributed by atoms with E-state index in [2.05, 4.69) is 18.7 Å². The second kappa shape index (κ2) is 3.47. The molecule has 0 spiro atoms. The molecule has 0 saturated carbocycles. The molecule has 54 valence electrons. The average molecular weight is 145 g/mol. The van der Waals surface area contributed by atoms with E-state index in [9.17, 15) is 0 Å². The summed E-state index contributed by atoms with van der Waals surface area (Å²) in [4.78, 5) is 0. The highest BCUT2D eigenvalue weighted by Gasteiger charge is 2.20. The van der Waals surface area contributed by atoms with Crippen molar-refractivity contribution in [2.75, 3.05) is 18.1 Å². The largest absolute Gasteiger partial charge is 0.330 e. The highest BCUT2D eigenvalue weighted by Crippen LogP contribution is 2.28. The van der Waals surface area contributed by atoms with Crippen molar-refractivity contribution in [3.63, 3.8) is 0 Å². The van der Waals surface area contributed by atoms with Gasteiger partial charge < -0.3 is 5.73 Å². The van der Waals surface area contributed by atoms with E-state index >= 15 is 0 Å². The maximum absolute atomic E-state index is 5.54. The van der Waals surface area contributed by atoms with E-state index in [-0.39, 0.29) is 0 Å². The van der Waals surface area contributed by atoms with Gasteiger partial charge in [0.15, 0.2) is 0 Å². The number of hydrogen-bond donors (Lipinski definition) is 1. The van der Waals surface area contributed by atoms with Gasteiger partial charge in [-0.15, -0.1) is 0 Å². The van der Waals surface area contributed by atoms with Crippen LogP contribution in [-0.4, -0.2) is 18.1 Å². The monoisotopic (exact) mass is 145 g/mol. The summed E-state index contributed by atoms with van der Waals surface area (Å²) in [7, 11) is 0. The molecule has 0 aromatic rings. The maximum atomic E-state index is 5.54. The summed E-state index contributed by atoms with van der Waals surface area (Å²) < 4.78 is 0. The third-order valence-electron chi connectivity index (χ3n) is 2.14. The molecule has 1 nitrogen and oxygen atoms in total. The molecule has 2 unspecified atom stereocenters. The molecule has 0 amide bonds. The topological polar surface area (TPSA) is 26.0 Å². The normalized spacial score (nSPS) is 30.7. The molecule has 9 heavy (non-hydrogen) atoms. The van der Waals surface area contributed by atoms with Crippen molar-refractivity contribution in [3.05, 3.63) is 0 Å². The van der Waals surface area contributed by atoms with Gasteiger partial charge in [0.25, 0.3) is 0 Å². The second-order valence-corrected chi connectivity index (χ2v) is 3.99. The first-order valence-electron chi connectivity index (χ1n) is 3.62. The Balaban J connectivity index is 2.24. The molecule has 0 aromatic carbocycles. The molecular formula is C7H15NS. The zero-order valence-corrected chi connectivity index (χ0v) is 6.79. The van der Waals surface area contributed by atoms with Crippen LogP contribution < -0.4 is 5.73 Å². The Kier molecular flexibility index (Phi) is 2.86. The maximum Gasteiger partial charge on any atom is -0.00358 e. The van der Waals surface area contributed by atoms with Crippen LogP contribution in [-0.2, 0) is 0 Å². The minimum atomic E-state index is 0.750. The Morgan fingerprint density at radius 1 is 1.78 bits per heavy atom. The molecule has 0 radical (unpaired) electrons. The van der Waals surface area contributed by atoms with Crippen LogP contribution in [0.15, 0.2) is 0 Å². The first-order valence-corrected chi connectivity index (χ1v) is 4.78. The van der Waals surface area contributed by atoms with Gasteiger partial charge in [0, 0.05) is 0 Å². The summed E-state index contributed by atoms with van der Waals surface area (Å²) in [5.74, 6) is 4.37. The van der Waals surface area contributed by atoms with Gasteiger partial charge in [-0.1, -0.05) is 6.92 Å². The van der Waals surface area contributed by atoms with Crippen molar-refractivity contribution >= 4 is 11.8 Å². The van der Waals surface area contributed by atoms with E-state index in [1.807, 2.05) is 0 Å². The predicted octanol–water partition coefficient (Wildman–Crippen LogP) is 1.33. The van der Waals surface area contributed by atoms with Crippen LogP contribution in [0.25, 0.3) is 0 Å². The Morgan fingerprint density at radius 2 is 2.56 bits per heavy atom. The van der Waals surface area contributed by atoms with Gasteiger partial charge in [-0.3, -0.25) is 0 Å². The van der Waals surface area contributed by atoms with Crippen LogP contribution >= 0.6 is 11.8 Å². The smallest absolute Gasteiger partial charge is 0.00358 e. The predicted molar refractivity (Wildman–Crippen MR) is 43.7 cm³/mol. The fraction of sp³-hybridized carbons (Fsp3) is 1.00. The van der Waals surface area contributed by atoms with E-state index in [0.717, 1.165) is 18.4 Å². The molecule has 1 saturated heterocycles. The molecule has 0 aliphatic carbocycles. The number of thioether (sulfide) groups is 1. The van der Waals surface area contributed by atoms with Crippen LogP contribution in [0, 0.1) is 11.8 Å². The second-order valence-electron chi connectivity index (χ2n) is 2.84. The number of hydrogen-bond acceptors (Lipinski definition) is 2. The number of rotatable bonds is 2. The molecule has 0 bridgehead atoms. The minimum absolute atomic E-state index is 0.750. The Morgan fingerprint density at radius 3 is 3.00 bits per heavy atom. The lowest BCUT2D eigenvalue weighted by atomic mass is 9.94. The lowest BCUT2D eigenvalue weighted by Crippen LogP contribution is -2.19. The van der Waals surface area contributed by atoms with Crippen LogP contribution in [0.2, 0.25) is 0 Å². The van der Waals surface area contributed by atoms with Gasteiger partial charge in [-0.2, -0.15) is 11.8 Å². The molecule has 1 rings (SSSR count). The lowest BCUT2D eigenvalue weighted by Gasteiger charge is -2.14. The third kappa shape index (κ3) is 1.87. The molecule has 2 heteroatoms. The summed E-state index contributed by atoms with van der Waals surface area (Å²) >= 11 is 2.07. The van der Waals surface area contributed by atoms with Gasteiger partial charge in [0.2, 0.25) is 0 Å². The van der Waals surface area contributed by atoms with Crippen LogP contribution in [0.3, 0.4) is 0 Å². The van der Waals surface area contributed by atoms with E-state index in [0.29, 0.717) is 0 Å². The van der Waals surface area contributed by atoms with Gasteiger partial charge >= 0.3 is 0 Å². The summed E-state index contributed by atoms with van der Waals surface area (Å²) in [6, 6.07) is 0. The van der Waals surface area contributed by atoms with Crippen molar-refractivity contribution in [3.8, 4) is 0 Å². The van der Waals surface area contributed by atoms with E-state index in [4.69, 9.17) is 5.73 Å². The quantitative estimate of drug-likeness (QED) is 0.634. The highest BCUT2D eigenvalue weighted by molar-refractivity contribution is 7.99. The van der Waals surface area contributed by atoms with Gasteiger partial charge in [0.05, 0.1) is 0 Å². The third-order valence-corrected chi connectivity index (χ3v) is 3.33. The summed E-state index contributed by atoms with van der Waals surface area (Å²) in [6.45, 7) is 3.13. The average Bonchev–Trinajstić information content (AvgIpc) is 2.37. The Bertz CT molecular complexity index is 79.0. The summed E-state index contributed by atoms with van der Waals surface area (Å²) in [5, 5.41) is 0.